The zero-order valence-electron chi connectivity index (χ0n) is 9.26. The van der Waals surface area contributed by atoms with Crippen molar-refractivity contribution in [3.63, 3.8) is 0 Å². The van der Waals surface area contributed by atoms with Gasteiger partial charge in [0.2, 0.25) is 0 Å². The molecule has 1 unspecified atom stereocenters. The minimum Gasteiger partial charge on any atom is -0.396 e. The maximum Gasteiger partial charge on any atom is 0.269 e. The Balaban J connectivity index is 0.00000144. The molecule has 1 aromatic carbocycles. The molecule has 94 valence electrons. The van der Waals surface area contributed by atoms with Crippen molar-refractivity contribution in [3.8, 4) is 0 Å². The quantitative estimate of drug-likeness (QED) is 0.638. The molecule has 1 aromatic rings. The van der Waals surface area contributed by atoms with Crippen LogP contribution in [-0.4, -0.2) is 23.2 Å². The van der Waals surface area contributed by atoms with Crippen molar-refractivity contribution >= 4 is 18.1 Å². The Hall–Kier alpha value is -1.17. The van der Waals surface area contributed by atoms with E-state index < -0.39 is 0 Å². The standard InChI is InChI=1S/C11H14N2O3.ClH/c14-6-4-11-10-7-9(13(15)16)2-1-8(10)3-5-12-11;/h1-2,7,11-12,14H,3-6H2;1H. The Morgan fingerprint density at radius 3 is 2.94 bits per heavy atom. The summed E-state index contributed by atoms with van der Waals surface area (Å²) in [6, 6.07) is 5.01. The third kappa shape index (κ3) is 2.94. The van der Waals surface area contributed by atoms with Gasteiger partial charge in [-0.05, 0) is 30.5 Å². The highest BCUT2D eigenvalue weighted by molar-refractivity contribution is 5.85. The summed E-state index contributed by atoms with van der Waals surface area (Å²) in [5.74, 6) is 0. The lowest BCUT2D eigenvalue weighted by molar-refractivity contribution is -0.385. The number of nitrogens with one attached hydrogen (secondary N) is 1. The van der Waals surface area contributed by atoms with E-state index in [0.29, 0.717) is 6.42 Å². The predicted octanol–water partition coefficient (Wildman–Crippen LogP) is 1.59. The topological polar surface area (TPSA) is 75.4 Å². The molecule has 0 saturated carbocycles. The summed E-state index contributed by atoms with van der Waals surface area (Å²) in [6.45, 7) is 0.940. The lowest BCUT2D eigenvalue weighted by Gasteiger charge is -2.26. The van der Waals surface area contributed by atoms with Crippen LogP contribution in [0, 0.1) is 10.1 Å². The molecule has 0 aromatic heterocycles. The number of aliphatic hydroxyl groups is 1. The molecule has 0 aliphatic carbocycles. The second-order valence-corrected chi connectivity index (χ2v) is 3.91. The average Bonchev–Trinajstić information content (AvgIpc) is 2.29. The van der Waals surface area contributed by atoms with E-state index in [4.69, 9.17) is 5.11 Å². The van der Waals surface area contributed by atoms with E-state index in [9.17, 15) is 10.1 Å². The first-order chi connectivity index (χ1) is 7.72. The first-order valence-corrected chi connectivity index (χ1v) is 5.34. The number of benzene rings is 1. The summed E-state index contributed by atoms with van der Waals surface area (Å²) >= 11 is 0. The van der Waals surface area contributed by atoms with Gasteiger partial charge in [-0.1, -0.05) is 6.07 Å². The molecule has 2 N–H and O–H groups in total. The smallest absolute Gasteiger partial charge is 0.269 e. The Morgan fingerprint density at radius 2 is 2.29 bits per heavy atom. The maximum absolute atomic E-state index is 10.7. The number of aliphatic hydroxyl groups excluding tert-OH is 1. The number of fused-ring (bicyclic) bond motifs is 1. The van der Waals surface area contributed by atoms with Crippen molar-refractivity contribution in [3.05, 3.63) is 39.4 Å². The van der Waals surface area contributed by atoms with Crippen molar-refractivity contribution in [2.75, 3.05) is 13.2 Å². The van der Waals surface area contributed by atoms with Crippen LogP contribution < -0.4 is 5.32 Å². The van der Waals surface area contributed by atoms with Crippen molar-refractivity contribution in [2.24, 2.45) is 0 Å². The molecule has 0 amide bonds. The van der Waals surface area contributed by atoms with E-state index in [2.05, 4.69) is 5.32 Å². The summed E-state index contributed by atoms with van der Waals surface area (Å²) in [6.07, 6.45) is 1.48. The summed E-state index contributed by atoms with van der Waals surface area (Å²) in [7, 11) is 0. The molecule has 1 aliphatic rings. The number of non-ortho nitro benzene ring substituents is 1. The number of rotatable bonds is 3. The van der Waals surface area contributed by atoms with Crippen LogP contribution in [0.25, 0.3) is 0 Å². The van der Waals surface area contributed by atoms with Crippen LogP contribution in [0.5, 0.6) is 0 Å². The number of nitro benzene ring substituents is 1. The second-order valence-electron chi connectivity index (χ2n) is 3.91. The van der Waals surface area contributed by atoms with Crippen LogP contribution in [0.4, 0.5) is 5.69 Å². The van der Waals surface area contributed by atoms with Crippen molar-refractivity contribution in [2.45, 2.75) is 18.9 Å². The van der Waals surface area contributed by atoms with Gasteiger partial charge in [-0.25, -0.2) is 0 Å². The van der Waals surface area contributed by atoms with Crippen LogP contribution in [0.3, 0.4) is 0 Å². The summed E-state index contributed by atoms with van der Waals surface area (Å²) in [5.41, 5.74) is 2.21. The van der Waals surface area contributed by atoms with E-state index in [1.807, 2.05) is 6.07 Å². The third-order valence-electron chi connectivity index (χ3n) is 2.92. The number of halogens is 1. The zero-order chi connectivity index (χ0) is 11.5. The van der Waals surface area contributed by atoms with E-state index in [0.717, 1.165) is 24.1 Å². The molecular formula is C11H15ClN2O3. The molecule has 6 heteroatoms. The van der Waals surface area contributed by atoms with Crippen LogP contribution in [-0.2, 0) is 6.42 Å². The third-order valence-corrected chi connectivity index (χ3v) is 2.92. The molecule has 0 spiro atoms. The van der Waals surface area contributed by atoms with E-state index in [1.165, 1.54) is 0 Å². The SMILES string of the molecule is Cl.O=[N+]([O-])c1ccc2c(c1)C(CCO)NCC2. The van der Waals surface area contributed by atoms with Gasteiger partial charge in [0.1, 0.15) is 0 Å². The summed E-state index contributed by atoms with van der Waals surface area (Å²) in [4.78, 5) is 10.3. The molecule has 1 aliphatic heterocycles. The molecule has 2 rings (SSSR count). The van der Waals surface area contributed by atoms with Gasteiger partial charge in [0, 0.05) is 24.8 Å². The second kappa shape index (κ2) is 5.95. The predicted molar refractivity (Wildman–Crippen MR) is 66.5 cm³/mol. The monoisotopic (exact) mass is 258 g/mol. The number of nitrogens with zero attached hydrogens (tertiary/aromatic N) is 1. The molecule has 0 bridgehead atoms. The van der Waals surface area contributed by atoms with Gasteiger partial charge in [0.05, 0.1) is 4.92 Å². The summed E-state index contributed by atoms with van der Waals surface area (Å²) < 4.78 is 0. The first-order valence-electron chi connectivity index (χ1n) is 5.34. The van der Waals surface area contributed by atoms with Crippen LogP contribution in [0.15, 0.2) is 18.2 Å². The molecule has 0 saturated heterocycles. The van der Waals surface area contributed by atoms with E-state index in [-0.39, 0.29) is 35.7 Å². The molecular weight excluding hydrogens is 244 g/mol. The van der Waals surface area contributed by atoms with Crippen molar-refractivity contribution in [1.82, 2.24) is 5.32 Å². The van der Waals surface area contributed by atoms with E-state index in [1.54, 1.807) is 12.1 Å². The van der Waals surface area contributed by atoms with Gasteiger partial charge in [-0.15, -0.1) is 12.4 Å². The fourth-order valence-electron chi connectivity index (χ4n) is 2.13. The van der Waals surface area contributed by atoms with Crippen molar-refractivity contribution in [1.29, 1.82) is 0 Å². The number of hydrogen-bond donors (Lipinski definition) is 2. The van der Waals surface area contributed by atoms with Crippen LogP contribution in [0.1, 0.15) is 23.6 Å². The van der Waals surface area contributed by atoms with Gasteiger partial charge >= 0.3 is 0 Å². The lowest BCUT2D eigenvalue weighted by Crippen LogP contribution is -2.30. The molecule has 0 radical (unpaired) electrons. The van der Waals surface area contributed by atoms with Gasteiger partial charge in [-0.3, -0.25) is 10.1 Å². The minimum absolute atomic E-state index is 0. The fourth-order valence-corrected chi connectivity index (χ4v) is 2.13. The van der Waals surface area contributed by atoms with E-state index >= 15 is 0 Å². The molecule has 1 atom stereocenters. The van der Waals surface area contributed by atoms with Crippen LogP contribution >= 0.6 is 12.4 Å². The minimum atomic E-state index is -0.384. The highest BCUT2D eigenvalue weighted by Gasteiger charge is 2.21. The molecule has 1 heterocycles. The van der Waals surface area contributed by atoms with Gasteiger partial charge in [0.25, 0.3) is 5.69 Å². The zero-order valence-corrected chi connectivity index (χ0v) is 10.1. The fraction of sp³-hybridized carbons (Fsp3) is 0.455. The molecule has 17 heavy (non-hydrogen) atoms. The van der Waals surface area contributed by atoms with Crippen LogP contribution in [0.2, 0.25) is 0 Å². The Bertz CT molecular complexity index is 412. The number of nitro groups is 1. The Labute approximate surface area is 105 Å². The maximum atomic E-state index is 10.7. The van der Waals surface area contributed by atoms with Gasteiger partial charge in [-0.2, -0.15) is 0 Å². The summed E-state index contributed by atoms with van der Waals surface area (Å²) in [5, 5.41) is 22.9. The normalized spacial score (nSPS) is 18.1. The first kappa shape index (κ1) is 13.9. The highest BCUT2D eigenvalue weighted by Crippen LogP contribution is 2.28. The molecule has 0 fully saturated rings. The van der Waals surface area contributed by atoms with Gasteiger partial charge < -0.3 is 10.4 Å². The largest absolute Gasteiger partial charge is 0.396 e. The van der Waals surface area contributed by atoms with Gasteiger partial charge in [0.15, 0.2) is 0 Å². The Morgan fingerprint density at radius 1 is 1.53 bits per heavy atom. The van der Waals surface area contributed by atoms with Crippen molar-refractivity contribution < 1.29 is 10.0 Å². The Kier molecular flexibility index (Phi) is 4.86. The molecule has 5 nitrogen and oxygen atoms in total. The highest BCUT2D eigenvalue weighted by atomic mass is 35.5. The lowest BCUT2D eigenvalue weighted by atomic mass is 9.92. The number of hydrogen-bond acceptors (Lipinski definition) is 4. The average molecular weight is 259 g/mol.